The first-order valence-electron chi connectivity index (χ1n) is 7.37. The standard InChI is InChI=1S/C14H26N2O.ClH/c17-14(16-13-8-10-15-11-9-13)12-6-4-2-1-3-5-7-12;/h12-13,15H,1-11H2,(H,16,17);1H. The zero-order valence-corrected chi connectivity index (χ0v) is 12.1. The highest BCUT2D eigenvalue weighted by Crippen LogP contribution is 2.22. The molecule has 1 saturated heterocycles. The van der Waals surface area contributed by atoms with Crippen molar-refractivity contribution in [2.75, 3.05) is 13.1 Å². The predicted molar refractivity (Wildman–Crippen MR) is 77.1 cm³/mol. The zero-order chi connectivity index (χ0) is 11.9. The molecule has 0 bridgehead atoms. The topological polar surface area (TPSA) is 41.1 Å². The van der Waals surface area contributed by atoms with Gasteiger partial charge in [0.1, 0.15) is 0 Å². The van der Waals surface area contributed by atoms with E-state index >= 15 is 0 Å². The highest BCUT2D eigenvalue weighted by Gasteiger charge is 2.22. The summed E-state index contributed by atoms with van der Waals surface area (Å²) >= 11 is 0. The van der Waals surface area contributed by atoms with Crippen molar-refractivity contribution in [1.82, 2.24) is 10.6 Å². The Bertz CT molecular complexity index is 234. The van der Waals surface area contributed by atoms with E-state index in [4.69, 9.17) is 0 Å². The Morgan fingerprint density at radius 3 is 2.06 bits per heavy atom. The molecule has 0 unspecified atom stereocenters. The minimum atomic E-state index is 0. The Morgan fingerprint density at radius 1 is 0.889 bits per heavy atom. The smallest absolute Gasteiger partial charge is 0.223 e. The Hall–Kier alpha value is -0.280. The lowest BCUT2D eigenvalue weighted by Crippen LogP contribution is -2.45. The largest absolute Gasteiger partial charge is 0.353 e. The van der Waals surface area contributed by atoms with Crippen molar-refractivity contribution in [3.05, 3.63) is 0 Å². The molecule has 0 aromatic rings. The summed E-state index contributed by atoms with van der Waals surface area (Å²) in [5.74, 6) is 0.629. The van der Waals surface area contributed by atoms with E-state index in [0.717, 1.165) is 38.8 Å². The van der Waals surface area contributed by atoms with Gasteiger partial charge in [0, 0.05) is 12.0 Å². The van der Waals surface area contributed by atoms with E-state index in [9.17, 15) is 4.79 Å². The second kappa shape index (κ2) is 8.76. The van der Waals surface area contributed by atoms with E-state index in [-0.39, 0.29) is 12.4 Å². The zero-order valence-electron chi connectivity index (χ0n) is 11.2. The van der Waals surface area contributed by atoms with Gasteiger partial charge >= 0.3 is 0 Å². The summed E-state index contributed by atoms with van der Waals surface area (Å²) in [6, 6.07) is 0.425. The number of rotatable bonds is 2. The van der Waals surface area contributed by atoms with E-state index in [1.807, 2.05) is 0 Å². The molecular weight excluding hydrogens is 248 g/mol. The molecule has 0 radical (unpaired) electrons. The summed E-state index contributed by atoms with van der Waals surface area (Å²) in [5.41, 5.74) is 0. The quantitative estimate of drug-likeness (QED) is 0.813. The minimum absolute atomic E-state index is 0. The number of hydrogen-bond donors (Lipinski definition) is 2. The molecule has 0 aromatic heterocycles. The van der Waals surface area contributed by atoms with Crippen molar-refractivity contribution in [3.8, 4) is 0 Å². The molecule has 18 heavy (non-hydrogen) atoms. The van der Waals surface area contributed by atoms with Crippen LogP contribution in [-0.4, -0.2) is 25.0 Å². The van der Waals surface area contributed by atoms with Gasteiger partial charge in [-0.1, -0.05) is 32.1 Å². The monoisotopic (exact) mass is 274 g/mol. The number of piperidine rings is 1. The molecule has 4 heteroatoms. The average Bonchev–Trinajstić information content (AvgIpc) is 2.29. The van der Waals surface area contributed by atoms with Crippen molar-refractivity contribution in [3.63, 3.8) is 0 Å². The summed E-state index contributed by atoms with van der Waals surface area (Å²) < 4.78 is 0. The van der Waals surface area contributed by atoms with Crippen molar-refractivity contribution in [2.45, 2.75) is 63.8 Å². The number of hydrogen-bond acceptors (Lipinski definition) is 2. The summed E-state index contributed by atoms with van der Waals surface area (Å²) in [7, 11) is 0. The fraction of sp³-hybridized carbons (Fsp3) is 0.929. The maximum atomic E-state index is 12.2. The molecule has 2 aliphatic rings. The second-order valence-corrected chi connectivity index (χ2v) is 5.57. The van der Waals surface area contributed by atoms with Crippen molar-refractivity contribution >= 4 is 18.3 Å². The van der Waals surface area contributed by atoms with E-state index < -0.39 is 0 Å². The van der Waals surface area contributed by atoms with Gasteiger partial charge in [-0.25, -0.2) is 0 Å². The van der Waals surface area contributed by atoms with Crippen LogP contribution < -0.4 is 10.6 Å². The van der Waals surface area contributed by atoms with Crippen molar-refractivity contribution in [2.24, 2.45) is 5.92 Å². The molecule has 3 nitrogen and oxygen atoms in total. The van der Waals surface area contributed by atoms with Gasteiger partial charge in [0.05, 0.1) is 0 Å². The molecule has 1 aliphatic heterocycles. The fourth-order valence-electron chi connectivity index (χ4n) is 3.00. The number of carbonyl (C=O) groups excluding carboxylic acids is 1. The van der Waals surface area contributed by atoms with E-state index in [2.05, 4.69) is 10.6 Å². The van der Waals surface area contributed by atoms with Crippen LogP contribution in [0.3, 0.4) is 0 Å². The van der Waals surface area contributed by atoms with Gasteiger partial charge in [0.25, 0.3) is 0 Å². The van der Waals surface area contributed by atoms with Gasteiger partial charge in [-0.2, -0.15) is 0 Å². The predicted octanol–water partition coefficient (Wildman–Crippen LogP) is 2.64. The normalized spacial score (nSPS) is 23.6. The third kappa shape index (κ3) is 5.15. The van der Waals surface area contributed by atoms with Gasteiger partial charge in [0.15, 0.2) is 0 Å². The Kier molecular flexibility index (Phi) is 7.68. The average molecular weight is 275 g/mol. The highest BCUT2D eigenvalue weighted by atomic mass is 35.5. The Balaban J connectivity index is 0.00000162. The second-order valence-electron chi connectivity index (χ2n) is 5.57. The maximum Gasteiger partial charge on any atom is 0.223 e. The molecule has 0 spiro atoms. The number of amides is 1. The molecule has 0 atom stereocenters. The van der Waals surface area contributed by atoms with Crippen LogP contribution in [0.4, 0.5) is 0 Å². The van der Waals surface area contributed by atoms with Gasteiger partial charge < -0.3 is 10.6 Å². The van der Waals surface area contributed by atoms with Crippen LogP contribution in [0.5, 0.6) is 0 Å². The maximum absolute atomic E-state index is 12.2. The molecule has 1 heterocycles. The molecule has 2 N–H and O–H groups in total. The summed E-state index contributed by atoms with van der Waals surface area (Å²) in [4.78, 5) is 12.2. The molecule has 1 aliphatic carbocycles. The summed E-state index contributed by atoms with van der Waals surface area (Å²) in [6.45, 7) is 2.10. The van der Waals surface area contributed by atoms with E-state index in [0.29, 0.717) is 17.9 Å². The molecule has 0 aromatic carbocycles. The third-order valence-corrected chi connectivity index (χ3v) is 4.16. The molecule has 106 valence electrons. The van der Waals surface area contributed by atoms with Gasteiger partial charge in [-0.05, 0) is 38.8 Å². The lowest BCUT2D eigenvalue weighted by molar-refractivity contribution is -0.126. The van der Waals surface area contributed by atoms with Crippen LogP contribution in [0.1, 0.15) is 57.8 Å². The molecule has 1 saturated carbocycles. The van der Waals surface area contributed by atoms with Crippen LogP contribution in [0, 0.1) is 5.92 Å². The number of nitrogens with one attached hydrogen (secondary N) is 2. The summed E-state index contributed by atoms with van der Waals surface area (Å²) in [6.07, 6.45) is 10.9. The SMILES string of the molecule is Cl.O=C(NC1CCNCC1)C1CCCCCCC1. The number of carbonyl (C=O) groups is 1. The van der Waals surface area contributed by atoms with Crippen LogP contribution in [0.2, 0.25) is 0 Å². The van der Waals surface area contributed by atoms with E-state index in [1.54, 1.807) is 0 Å². The fourth-order valence-corrected chi connectivity index (χ4v) is 3.00. The Labute approximate surface area is 117 Å². The van der Waals surface area contributed by atoms with Crippen LogP contribution in [-0.2, 0) is 4.79 Å². The lowest BCUT2D eigenvalue weighted by Gasteiger charge is -2.26. The van der Waals surface area contributed by atoms with Gasteiger partial charge in [-0.3, -0.25) is 4.79 Å². The minimum Gasteiger partial charge on any atom is -0.353 e. The molecule has 1 amide bonds. The van der Waals surface area contributed by atoms with E-state index in [1.165, 1.54) is 32.1 Å². The van der Waals surface area contributed by atoms with Crippen LogP contribution in [0.25, 0.3) is 0 Å². The first-order valence-corrected chi connectivity index (χ1v) is 7.37. The third-order valence-electron chi connectivity index (χ3n) is 4.16. The lowest BCUT2D eigenvalue weighted by atomic mass is 9.90. The van der Waals surface area contributed by atoms with Crippen molar-refractivity contribution < 1.29 is 4.79 Å². The first-order chi connectivity index (χ1) is 8.36. The molecule has 2 fully saturated rings. The number of halogens is 1. The van der Waals surface area contributed by atoms with Gasteiger partial charge in [-0.15, -0.1) is 12.4 Å². The molecular formula is C14H27ClN2O. The van der Waals surface area contributed by atoms with Crippen molar-refractivity contribution in [1.29, 1.82) is 0 Å². The first kappa shape index (κ1) is 15.8. The highest BCUT2D eigenvalue weighted by molar-refractivity contribution is 5.85. The Morgan fingerprint density at radius 2 is 1.44 bits per heavy atom. The summed E-state index contributed by atoms with van der Waals surface area (Å²) in [5, 5.41) is 6.59. The van der Waals surface area contributed by atoms with Crippen LogP contribution in [0.15, 0.2) is 0 Å². The molecule has 2 rings (SSSR count). The van der Waals surface area contributed by atoms with Crippen LogP contribution >= 0.6 is 12.4 Å². The van der Waals surface area contributed by atoms with Gasteiger partial charge in [0.2, 0.25) is 5.91 Å².